The Morgan fingerprint density at radius 1 is 0.808 bits per heavy atom. The van der Waals surface area contributed by atoms with Crippen LogP contribution in [-0.2, 0) is 11.2 Å². The zero-order valence-corrected chi connectivity index (χ0v) is 15.1. The van der Waals surface area contributed by atoms with Gasteiger partial charge in [0, 0.05) is 23.5 Å². The molecule has 0 unspecified atom stereocenters. The third kappa shape index (κ3) is 3.94. The van der Waals surface area contributed by atoms with Crippen molar-refractivity contribution in [1.82, 2.24) is 0 Å². The van der Waals surface area contributed by atoms with Crippen molar-refractivity contribution < 1.29 is 9.90 Å². The minimum atomic E-state index is -0.768. The molecule has 3 rings (SSSR count). The first-order chi connectivity index (χ1) is 12.6. The predicted molar refractivity (Wildman–Crippen MR) is 107 cm³/mol. The van der Waals surface area contributed by atoms with Crippen LogP contribution in [0.4, 0.5) is 17.1 Å². The van der Waals surface area contributed by atoms with E-state index in [1.807, 2.05) is 24.3 Å². The highest BCUT2D eigenvalue weighted by molar-refractivity contribution is 5.80. The van der Waals surface area contributed by atoms with E-state index in [9.17, 15) is 4.79 Å². The molecule has 0 aliphatic rings. The first-order valence-electron chi connectivity index (χ1n) is 8.78. The molecule has 26 heavy (non-hydrogen) atoms. The lowest BCUT2D eigenvalue weighted by Gasteiger charge is -2.28. The van der Waals surface area contributed by atoms with E-state index in [0.29, 0.717) is 6.42 Å². The van der Waals surface area contributed by atoms with Gasteiger partial charge in [-0.05, 0) is 61.2 Å². The summed E-state index contributed by atoms with van der Waals surface area (Å²) < 4.78 is 0. The lowest BCUT2D eigenvalue weighted by Crippen LogP contribution is -2.12. The van der Waals surface area contributed by atoms with Crippen LogP contribution in [0.2, 0.25) is 0 Å². The van der Waals surface area contributed by atoms with Crippen molar-refractivity contribution >= 4 is 23.0 Å². The summed E-state index contributed by atoms with van der Waals surface area (Å²) in [5.41, 5.74) is 6.77. The van der Waals surface area contributed by atoms with Crippen LogP contribution in [0.1, 0.15) is 23.1 Å². The standard InChI is InChI=1S/C23H23NO2/c1-17-7-3-5-9-21(17)24(22-10-6-4-8-18(22)2)20-14-11-19(12-15-20)13-16-23(25)26/h3-12,14-15H,13,16H2,1-2H3,(H,25,26). The van der Waals surface area contributed by atoms with Crippen molar-refractivity contribution in [2.45, 2.75) is 26.7 Å². The van der Waals surface area contributed by atoms with Crippen LogP contribution in [0.5, 0.6) is 0 Å². The smallest absolute Gasteiger partial charge is 0.303 e. The molecule has 132 valence electrons. The second-order valence-corrected chi connectivity index (χ2v) is 6.47. The molecule has 0 aromatic heterocycles. The SMILES string of the molecule is Cc1ccccc1N(c1ccc(CCC(=O)O)cc1)c1ccccc1C. The monoisotopic (exact) mass is 345 g/mol. The lowest BCUT2D eigenvalue weighted by molar-refractivity contribution is -0.136. The van der Waals surface area contributed by atoms with Crippen molar-refractivity contribution in [1.29, 1.82) is 0 Å². The molecule has 0 atom stereocenters. The number of hydrogen-bond acceptors (Lipinski definition) is 2. The Hall–Kier alpha value is -3.07. The Bertz CT molecular complexity index is 855. The second-order valence-electron chi connectivity index (χ2n) is 6.47. The molecule has 1 N–H and O–H groups in total. The molecule has 0 aliphatic carbocycles. The zero-order valence-electron chi connectivity index (χ0n) is 15.1. The first kappa shape index (κ1) is 17.7. The molecule has 0 bridgehead atoms. The Morgan fingerprint density at radius 2 is 1.31 bits per heavy atom. The molecule has 0 saturated carbocycles. The largest absolute Gasteiger partial charge is 0.481 e. The number of aryl methyl sites for hydroxylation is 3. The van der Waals surface area contributed by atoms with Crippen LogP contribution in [0.3, 0.4) is 0 Å². The number of rotatable bonds is 6. The number of hydrogen-bond donors (Lipinski definition) is 1. The predicted octanol–water partition coefficient (Wildman–Crippen LogP) is 5.79. The second kappa shape index (κ2) is 7.87. The number of aliphatic carboxylic acids is 1. The molecule has 3 nitrogen and oxygen atoms in total. The van der Waals surface area contributed by atoms with Crippen LogP contribution in [0, 0.1) is 13.8 Å². The van der Waals surface area contributed by atoms with Crippen LogP contribution >= 0.6 is 0 Å². The van der Waals surface area contributed by atoms with Crippen LogP contribution in [-0.4, -0.2) is 11.1 Å². The van der Waals surface area contributed by atoms with Gasteiger partial charge in [0.1, 0.15) is 0 Å². The normalized spacial score (nSPS) is 10.5. The number of nitrogens with zero attached hydrogens (tertiary/aromatic N) is 1. The molecule has 3 heteroatoms. The van der Waals surface area contributed by atoms with E-state index in [-0.39, 0.29) is 6.42 Å². The van der Waals surface area contributed by atoms with Crippen molar-refractivity contribution in [3.05, 3.63) is 89.5 Å². The first-order valence-corrected chi connectivity index (χ1v) is 8.78. The van der Waals surface area contributed by atoms with Gasteiger partial charge in [0.15, 0.2) is 0 Å². The van der Waals surface area contributed by atoms with E-state index in [1.165, 1.54) is 11.1 Å². The third-order valence-corrected chi connectivity index (χ3v) is 4.53. The molecule has 0 heterocycles. The van der Waals surface area contributed by atoms with E-state index in [4.69, 9.17) is 5.11 Å². The van der Waals surface area contributed by atoms with Crippen LogP contribution < -0.4 is 4.90 Å². The van der Waals surface area contributed by atoms with Crippen molar-refractivity contribution in [3.8, 4) is 0 Å². The molecule has 3 aromatic carbocycles. The average molecular weight is 345 g/mol. The van der Waals surface area contributed by atoms with Gasteiger partial charge in [0.05, 0.1) is 0 Å². The molecular formula is C23H23NO2. The Morgan fingerprint density at radius 3 is 1.77 bits per heavy atom. The summed E-state index contributed by atoms with van der Waals surface area (Å²) in [7, 11) is 0. The maximum absolute atomic E-state index is 10.8. The van der Waals surface area contributed by atoms with Crippen molar-refractivity contribution in [3.63, 3.8) is 0 Å². The number of benzene rings is 3. The van der Waals surface area contributed by atoms with Gasteiger partial charge in [0.2, 0.25) is 0 Å². The summed E-state index contributed by atoms with van der Waals surface area (Å²) in [5, 5.41) is 8.87. The maximum Gasteiger partial charge on any atom is 0.303 e. The van der Waals surface area contributed by atoms with E-state index in [1.54, 1.807) is 0 Å². The van der Waals surface area contributed by atoms with Gasteiger partial charge in [-0.2, -0.15) is 0 Å². The lowest BCUT2D eigenvalue weighted by atomic mass is 10.1. The highest BCUT2D eigenvalue weighted by Crippen LogP contribution is 2.37. The Labute approximate surface area is 154 Å². The Kier molecular flexibility index (Phi) is 5.37. The van der Waals surface area contributed by atoms with Gasteiger partial charge in [-0.15, -0.1) is 0 Å². The minimum Gasteiger partial charge on any atom is -0.481 e. The van der Waals surface area contributed by atoms with Gasteiger partial charge in [-0.3, -0.25) is 4.79 Å². The van der Waals surface area contributed by atoms with E-state index >= 15 is 0 Å². The fourth-order valence-electron chi connectivity index (χ4n) is 3.10. The summed E-state index contributed by atoms with van der Waals surface area (Å²) in [6, 6.07) is 24.8. The molecular weight excluding hydrogens is 322 g/mol. The van der Waals surface area contributed by atoms with Crippen LogP contribution in [0.25, 0.3) is 0 Å². The third-order valence-electron chi connectivity index (χ3n) is 4.53. The van der Waals surface area contributed by atoms with Crippen LogP contribution in [0.15, 0.2) is 72.8 Å². The molecule has 3 aromatic rings. The van der Waals surface area contributed by atoms with Gasteiger partial charge in [-0.25, -0.2) is 0 Å². The number of carbonyl (C=O) groups is 1. The average Bonchev–Trinajstić information content (AvgIpc) is 2.64. The summed E-state index contributed by atoms with van der Waals surface area (Å²) in [6.07, 6.45) is 0.697. The highest BCUT2D eigenvalue weighted by Gasteiger charge is 2.15. The molecule has 0 radical (unpaired) electrons. The number of carboxylic acids is 1. The topological polar surface area (TPSA) is 40.5 Å². The number of para-hydroxylation sites is 2. The molecule has 0 saturated heterocycles. The van der Waals surface area contributed by atoms with E-state index < -0.39 is 5.97 Å². The molecule has 0 fully saturated rings. The summed E-state index contributed by atoms with van der Waals surface area (Å²) >= 11 is 0. The summed E-state index contributed by atoms with van der Waals surface area (Å²) in [4.78, 5) is 13.0. The van der Waals surface area contributed by atoms with E-state index in [2.05, 4.69) is 67.3 Å². The quantitative estimate of drug-likeness (QED) is 0.614. The fraction of sp³-hybridized carbons (Fsp3) is 0.174. The van der Waals surface area contributed by atoms with Gasteiger partial charge >= 0.3 is 5.97 Å². The van der Waals surface area contributed by atoms with Gasteiger partial charge in [-0.1, -0.05) is 48.5 Å². The number of carboxylic acid groups (broad SMARTS) is 1. The summed E-state index contributed by atoms with van der Waals surface area (Å²) in [5.74, 6) is -0.768. The molecule has 0 spiro atoms. The summed E-state index contributed by atoms with van der Waals surface area (Å²) in [6.45, 7) is 4.23. The molecule has 0 aliphatic heterocycles. The van der Waals surface area contributed by atoms with Crippen molar-refractivity contribution in [2.24, 2.45) is 0 Å². The minimum absolute atomic E-state index is 0.151. The van der Waals surface area contributed by atoms with E-state index in [0.717, 1.165) is 22.6 Å². The van der Waals surface area contributed by atoms with Gasteiger partial charge < -0.3 is 10.0 Å². The maximum atomic E-state index is 10.8. The Balaban J connectivity index is 2.03. The molecule has 0 amide bonds. The van der Waals surface area contributed by atoms with Gasteiger partial charge in [0.25, 0.3) is 0 Å². The zero-order chi connectivity index (χ0) is 18.5. The number of anilines is 3. The fourth-order valence-corrected chi connectivity index (χ4v) is 3.10. The van der Waals surface area contributed by atoms with Crippen molar-refractivity contribution in [2.75, 3.05) is 4.90 Å². The highest BCUT2D eigenvalue weighted by atomic mass is 16.4.